The molecule has 0 aromatic heterocycles. The van der Waals surface area contributed by atoms with Gasteiger partial charge in [-0.25, -0.2) is 0 Å². The van der Waals surface area contributed by atoms with E-state index in [-0.39, 0.29) is 5.04 Å². The first kappa shape index (κ1) is 17.6. The highest BCUT2D eigenvalue weighted by Gasteiger charge is 2.40. The van der Waals surface area contributed by atoms with Gasteiger partial charge in [-0.05, 0) is 31.1 Å². The molecule has 1 unspecified atom stereocenters. The number of aliphatic hydroxyl groups is 1. The van der Waals surface area contributed by atoms with Crippen molar-refractivity contribution in [2.45, 2.75) is 51.9 Å². The Hall–Kier alpha value is -1.44. The summed E-state index contributed by atoms with van der Waals surface area (Å²) in [6, 6.07) is 5.52. The Labute approximate surface area is 129 Å². The Morgan fingerprint density at radius 2 is 1.86 bits per heavy atom. The van der Waals surface area contributed by atoms with Crippen molar-refractivity contribution in [2.24, 2.45) is 0 Å². The van der Waals surface area contributed by atoms with Crippen molar-refractivity contribution in [1.29, 1.82) is 0 Å². The highest BCUT2D eigenvalue weighted by molar-refractivity contribution is 6.74. The lowest BCUT2D eigenvalue weighted by Gasteiger charge is -2.37. The van der Waals surface area contributed by atoms with Crippen LogP contribution in [0, 0.1) is 11.8 Å². The summed E-state index contributed by atoms with van der Waals surface area (Å²) < 4.78 is 11.8. The Balaban J connectivity index is 3.35. The molecule has 1 rings (SSSR count). The van der Waals surface area contributed by atoms with E-state index in [0.29, 0.717) is 17.1 Å². The van der Waals surface area contributed by atoms with Gasteiger partial charge in [0.15, 0.2) is 11.5 Å². The molecule has 0 bridgehead atoms. The van der Waals surface area contributed by atoms with Gasteiger partial charge in [0.05, 0.1) is 7.11 Å². The van der Waals surface area contributed by atoms with Crippen LogP contribution in [-0.2, 0) is 0 Å². The Kier molecular flexibility index (Phi) is 5.49. The van der Waals surface area contributed by atoms with Crippen LogP contribution in [-0.4, -0.2) is 20.5 Å². The van der Waals surface area contributed by atoms with E-state index in [1.54, 1.807) is 14.0 Å². The molecule has 0 spiro atoms. The molecule has 3 nitrogen and oxygen atoms in total. The van der Waals surface area contributed by atoms with E-state index in [9.17, 15) is 5.11 Å². The van der Waals surface area contributed by atoms with E-state index in [4.69, 9.17) is 9.16 Å². The van der Waals surface area contributed by atoms with Gasteiger partial charge >= 0.3 is 0 Å². The normalized spacial score (nSPS) is 13.1. The molecule has 0 aliphatic carbocycles. The lowest BCUT2D eigenvalue weighted by molar-refractivity contribution is 0.233. The lowest BCUT2D eigenvalue weighted by Crippen LogP contribution is -2.44. The maximum absolute atomic E-state index is 10.2. The zero-order valence-electron chi connectivity index (χ0n) is 14.1. The van der Waals surface area contributed by atoms with E-state index >= 15 is 0 Å². The average Bonchev–Trinajstić information content (AvgIpc) is 2.37. The maximum Gasteiger partial charge on any atom is 0.250 e. The first-order chi connectivity index (χ1) is 9.64. The fourth-order valence-electron chi connectivity index (χ4n) is 1.64. The minimum absolute atomic E-state index is 0.0620. The second-order valence-corrected chi connectivity index (χ2v) is 11.3. The molecule has 0 aliphatic heterocycles. The summed E-state index contributed by atoms with van der Waals surface area (Å²) >= 11 is 0. The molecule has 4 heteroatoms. The first-order valence-corrected chi connectivity index (χ1v) is 10.0. The Morgan fingerprint density at radius 3 is 2.33 bits per heavy atom. The number of hydrogen-bond donors (Lipinski definition) is 1. The van der Waals surface area contributed by atoms with Crippen LogP contribution in [0.4, 0.5) is 0 Å². The minimum Gasteiger partial charge on any atom is -0.541 e. The molecular formula is C17H26O3Si. The van der Waals surface area contributed by atoms with Gasteiger partial charge in [-0.15, -0.1) is 5.92 Å². The SMILES string of the molecule is CC#CC(O)c1cccc(OC)c1O[Si](C)(C)C(C)(C)C. The fraction of sp³-hybridized carbons (Fsp3) is 0.529. The van der Waals surface area contributed by atoms with Gasteiger partial charge in [-0.2, -0.15) is 0 Å². The van der Waals surface area contributed by atoms with E-state index < -0.39 is 14.4 Å². The van der Waals surface area contributed by atoms with Gasteiger partial charge in [-0.1, -0.05) is 38.8 Å². The van der Waals surface area contributed by atoms with Crippen LogP contribution in [0.5, 0.6) is 11.5 Å². The number of ether oxygens (including phenoxy) is 1. The Morgan fingerprint density at radius 1 is 1.24 bits per heavy atom. The van der Waals surface area contributed by atoms with Crippen LogP contribution in [0.1, 0.15) is 39.4 Å². The fourth-order valence-corrected chi connectivity index (χ4v) is 2.68. The van der Waals surface area contributed by atoms with Crippen LogP contribution in [0.3, 0.4) is 0 Å². The van der Waals surface area contributed by atoms with Crippen molar-refractivity contribution >= 4 is 8.32 Å². The quantitative estimate of drug-likeness (QED) is 0.671. The van der Waals surface area contributed by atoms with Crippen LogP contribution < -0.4 is 9.16 Å². The molecule has 1 atom stereocenters. The summed E-state index contributed by atoms with van der Waals surface area (Å²) in [5.74, 6) is 6.75. The predicted octanol–water partition coefficient (Wildman–Crippen LogP) is 4.14. The molecule has 0 radical (unpaired) electrons. The van der Waals surface area contributed by atoms with Gasteiger partial charge < -0.3 is 14.3 Å². The average molecular weight is 306 g/mol. The van der Waals surface area contributed by atoms with Gasteiger partial charge in [0.2, 0.25) is 0 Å². The smallest absolute Gasteiger partial charge is 0.250 e. The summed E-state index contributed by atoms with van der Waals surface area (Å²) in [5, 5.41) is 10.3. The zero-order chi connectivity index (χ0) is 16.3. The van der Waals surface area contributed by atoms with E-state index in [1.165, 1.54) is 0 Å². The van der Waals surface area contributed by atoms with Gasteiger partial charge in [-0.3, -0.25) is 0 Å². The molecule has 0 heterocycles. The van der Waals surface area contributed by atoms with E-state index in [0.717, 1.165) is 0 Å². The molecule has 0 aliphatic rings. The molecule has 1 aromatic carbocycles. The third-order valence-electron chi connectivity index (χ3n) is 3.97. The second kappa shape index (κ2) is 6.55. The zero-order valence-corrected chi connectivity index (χ0v) is 15.1. The van der Waals surface area contributed by atoms with Gasteiger partial charge in [0, 0.05) is 5.56 Å². The van der Waals surface area contributed by atoms with Crippen LogP contribution in [0.2, 0.25) is 18.1 Å². The van der Waals surface area contributed by atoms with Crippen LogP contribution >= 0.6 is 0 Å². The van der Waals surface area contributed by atoms with Crippen LogP contribution in [0.25, 0.3) is 0 Å². The van der Waals surface area contributed by atoms with Crippen molar-refractivity contribution in [1.82, 2.24) is 0 Å². The maximum atomic E-state index is 10.2. The molecule has 1 aromatic rings. The monoisotopic (exact) mass is 306 g/mol. The highest BCUT2D eigenvalue weighted by atomic mass is 28.4. The number of aliphatic hydroxyl groups excluding tert-OH is 1. The second-order valence-electron chi connectivity index (χ2n) is 6.54. The number of benzene rings is 1. The third kappa shape index (κ3) is 4.02. The van der Waals surface area contributed by atoms with Crippen molar-refractivity contribution in [3.8, 4) is 23.3 Å². The lowest BCUT2D eigenvalue weighted by atomic mass is 10.1. The van der Waals surface area contributed by atoms with Crippen molar-refractivity contribution in [3.05, 3.63) is 23.8 Å². The molecule has 0 saturated heterocycles. The molecule has 1 N–H and O–H groups in total. The largest absolute Gasteiger partial charge is 0.541 e. The standard InChI is InChI=1S/C17H26O3Si/c1-8-10-14(18)13-11-9-12-15(19-5)16(13)20-21(6,7)17(2,3)4/h9,11-12,14,18H,1-7H3. The molecule has 21 heavy (non-hydrogen) atoms. The summed E-state index contributed by atoms with van der Waals surface area (Å²) in [6.07, 6.45) is -0.870. The first-order valence-electron chi connectivity index (χ1n) is 7.10. The van der Waals surface area contributed by atoms with E-state index in [1.807, 2.05) is 18.2 Å². The van der Waals surface area contributed by atoms with Gasteiger partial charge in [0.25, 0.3) is 8.32 Å². The Bertz CT molecular complexity index is 547. The summed E-state index contributed by atoms with van der Waals surface area (Å²) in [4.78, 5) is 0. The number of para-hydroxylation sites is 1. The molecule has 116 valence electrons. The summed E-state index contributed by atoms with van der Waals surface area (Å²) in [7, 11) is -0.426. The number of methoxy groups -OCH3 is 1. The van der Waals surface area contributed by atoms with Crippen molar-refractivity contribution in [3.63, 3.8) is 0 Å². The van der Waals surface area contributed by atoms with Crippen molar-refractivity contribution < 1.29 is 14.3 Å². The van der Waals surface area contributed by atoms with Crippen LogP contribution in [0.15, 0.2) is 18.2 Å². The summed E-state index contributed by atoms with van der Waals surface area (Å²) in [6.45, 7) is 12.6. The molecule has 0 amide bonds. The number of hydrogen-bond acceptors (Lipinski definition) is 3. The third-order valence-corrected chi connectivity index (χ3v) is 8.30. The molecule has 0 saturated carbocycles. The van der Waals surface area contributed by atoms with Crippen molar-refractivity contribution in [2.75, 3.05) is 7.11 Å². The minimum atomic E-state index is -2.03. The number of rotatable bonds is 4. The summed E-state index contributed by atoms with van der Waals surface area (Å²) in [5.41, 5.74) is 0.661. The van der Waals surface area contributed by atoms with E-state index in [2.05, 4.69) is 45.7 Å². The highest BCUT2D eigenvalue weighted by Crippen LogP contribution is 2.42. The van der Waals surface area contributed by atoms with Gasteiger partial charge in [0.1, 0.15) is 6.10 Å². The molecular weight excluding hydrogens is 280 g/mol. The predicted molar refractivity (Wildman–Crippen MR) is 89.2 cm³/mol. The molecule has 0 fully saturated rings. The topological polar surface area (TPSA) is 38.7 Å².